The van der Waals surface area contributed by atoms with E-state index in [0.717, 1.165) is 31.0 Å². The van der Waals surface area contributed by atoms with Crippen molar-refractivity contribution in [1.29, 1.82) is 0 Å². The summed E-state index contributed by atoms with van der Waals surface area (Å²) < 4.78 is 1.46. The number of pyridine rings is 1. The Labute approximate surface area is 121 Å². The van der Waals surface area contributed by atoms with Gasteiger partial charge in [-0.15, -0.1) is 0 Å². The Morgan fingerprint density at radius 1 is 1.42 bits per heavy atom. The minimum atomic E-state index is -0.163. The second kappa shape index (κ2) is 5.90. The van der Waals surface area contributed by atoms with E-state index in [1.54, 1.807) is 19.3 Å². The summed E-state index contributed by atoms with van der Waals surface area (Å²) in [6, 6.07) is 3.07. The molecule has 1 heterocycles. The van der Waals surface area contributed by atoms with Crippen LogP contribution in [0.1, 0.15) is 42.5 Å². The number of aryl methyl sites for hydroxylation is 1. The highest BCUT2D eigenvalue weighted by Crippen LogP contribution is 2.30. The molecule has 5 heteroatoms. The quantitative estimate of drug-likeness (QED) is 0.866. The van der Waals surface area contributed by atoms with Gasteiger partial charge in [-0.05, 0) is 18.9 Å². The molecule has 0 aromatic carbocycles. The predicted octanol–water partition coefficient (Wildman–Crippen LogP) is 2.21. The van der Waals surface area contributed by atoms with E-state index in [2.05, 4.69) is 21.2 Å². The average Bonchev–Trinajstić information content (AvgIpc) is 2.43. The van der Waals surface area contributed by atoms with Crippen LogP contribution in [0.15, 0.2) is 23.1 Å². The SMILES string of the molecule is Cn1ccc(C(=O)NC2(CBr)CCCCC2)cc1=O. The molecule has 0 spiro atoms. The average molecular weight is 327 g/mol. The fourth-order valence-corrected chi connectivity index (χ4v) is 3.22. The Bertz CT molecular complexity index is 518. The fraction of sp³-hybridized carbons (Fsp3) is 0.571. The van der Waals surface area contributed by atoms with Gasteiger partial charge in [-0.25, -0.2) is 0 Å². The van der Waals surface area contributed by atoms with Crippen molar-refractivity contribution in [3.63, 3.8) is 0 Å². The molecule has 0 aliphatic heterocycles. The van der Waals surface area contributed by atoms with E-state index in [0.29, 0.717) is 5.56 Å². The van der Waals surface area contributed by atoms with Gasteiger partial charge in [0.2, 0.25) is 0 Å². The van der Waals surface area contributed by atoms with Crippen molar-refractivity contribution in [3.05, 3.63) is 34.2 Å². The summed E-state index contributed by atoms with van der Waals surface area (Å²) in [5.74, 6) is -0.154. The van der Waals surface area contributed by atoms with Gasteiger partial charge in [0.25, 0.3) is 11.5 Å². The lowest BCUT2D eigenvalue weighted by atomic mass is 9.83. The summed E-state index contributed by atoms with van der Waals surface area (Å²) >= 11 is 3.51. The van der Waals surface area contributed by atoms with E-state index in [1.807, 2.05) is 0 Å². The summed E-state index contributed by atoms with van der Waals surface area (Å²) in [7, 11) is 1.67. The van der Waals surface area contributed by atoms with Crippen LogP contribution in [0.5, 0.6) is 0 Å². The van der Waals surface area contributed by atoms with Crippen molar-refractivity contribution in [2.24, 2.45) is 7.05 Å². The van der Waals surface area contributed by atoms with Crippen LogP contribution >= 0.6 is 15.9 Å². The Kier molecular flexibility index (Phi) is 4.45. The lowest BCUT2D eigenvalue weighted by Gasteiger charge is -2.36. The van der Waals surface area contributed by atoms with Crippen molar-refractivity contribution in [2.45, 2.75) is 37.6 Å². The Balaban J connectivity index is 2.15. The molecular formula is C14H19BrN2O2. The molecule has 19 heavy (non-hydrogen) atoms. The molecular weight excluding hydrogens is 308 g/mol. The van der Waals surface area contributed by atoms with Crippen LogP contribution < -0.4 is 10.9 Å². The standard InChI is InChI=1S/C14H19BrN2O2/c1-17-8-5-11(9-12(17)18)13(19)16-14(10-15)6-3-2-4-7-14/h5,8-9H,2-4,6-7,10H2,1H3,(H,16,19). The molecule has 0 saturated heterocycles. The summed E-state index contributed by atoms with van der Waals surface area (Å²) in [4.78, 5) is 23.8. The highest BCUT2D eigenvalue weighted by atomic mass is 79.9. The maximum absolute atomic E-state index is 12.3. The first kappa shape index (κ1) is 14.3. The lowest BCUT2D eigenvalue weighted by molar-refractivity contribution is 0.0886. The number of hydrogen-bond donors (Lipinski definition) is 1. The van der Waals surface area contributed by atoms with Crippen LogP contribution in [0.2, 0.25) is 0 Å². The fourth-order valence-electron chi connectivity index (χ4n) is 2.52. The predicted molar refractivity (Wildman–Crippen MR) is 78.8 cm³/mol. The first-order chi connectivity index (χ1) is 9.06. The molecule has 4 nitrogen and oxygen atoms in total. The zero-order valence-corrected chi connectivity index (χ0v) is 12.7. The third kappa shape index (κ3) is 3.26. The van der Waals surface area contributed by atoms with Gasteiger partial charge in [0.15, 0.2) is 0 Å². The first-order valence-corrected chi connectivity index (χ1v) is 7.74. The molecule has 0 bridgehead atoms. The first-order valence-electron chi connectivity index (χ1n) is 6.61. The van der Waals surface area contributed by atoms with Crippen molar-refractivity contribution in [1.82, 2.24) is 9.88 Å². The third-order valence-electron chi connectivity index (χ3n) is 3.81. The molecule has 1 aromatic rings. The molecule has 0 radical (unpaired) electrons. The largest absolute Gasteiger partial charge is 0.346 e. The van der Waals surface area contributed by atoms with Crippen LogP contribution in [-0.4, -0.2) is 21.3 Å². The number of amides is 1. The number of aromatic nitrogens is 1. The molecule has 104 valence electrons. The van der Waals surface area contributed by atoms with Gasteiger partial charge in [0.05, 0.1) is 5.54 Å². The van der Waals surface area contributed by atoms with Crippen LogP contribution in [0.25, 0.3) is 0 Å². The Hall–Kier alpha value is -1.10. The number of carbonyl (C=O) groups is 1. The summed E-state index contributed by atoms with van der Waals surface area (Å²) in [5, 5.41) is 3.87. The number of nitrogens with one attached hydrogen (secondary N) is 1. The molecule has 1 aliphatic carbocycles. The Morgan fingerprint density at radius 3 is 2.68 bits per heavy atom. The second-order valence-corrected chi connectivity index (χ2v) is 5.85. The number of nitrogens with zero attached hydrogens (tertiary/aromatic N) is 1. The molecule has 1 N–H and O–H groups in total. The molecule has 1 amide bonds. The molecule has 1 fully saturated rings. The smallest absolute Gasteiger partial charge is 0.251 e. The zero-order valence-electron chi connectivity index (χ0n) is 11.1. The van der Waals surface area contributed by atoms with E-state index in [1.165, 1.54) is 17.1 Å². The van der Waals surface area contributed by atoms with Crippen molar-refractivity contribution in [3.8, 4) is 0 Å². The molecule has 1 aliphatic rings. The van der Waals surface area contributed by atoms with Crippen LogP contribution in [-0.2, 0) is 7.05 Å². The monoisotopic (exact) mass is 326 g/mol. The topological polar surface area (TPSA) is 51.1 Å². The van der Waals surface area contributed by atoms with Crippen molar-refractivity contribution >= 4 is 21.8 Å². The summed E-state index contributed by atoms with van der Waals surface area (Å²) in [6.45, 7) is 0. The maximum atomic E-state index is 12.3. The zero-order chi connectivity index (χ0) is 13.9. The minimum absolute atomic E-state index is 0.154. The summed E-state index contributed by atoms with van der Waals surface area (Å²) in [5.41, 5.74) is 0.120. The number of alkyl halides is 1. The summed E-state index contributed by atoms with van der Waals surface area (Å²) in [6.07, 6.45) is 7.13. The maximum Gasteiger partial charge on any atom is 0.251 e. The van der Waals surface area contributed by atoms with E-state index in [-0.39, 0.29) is 17.0 Å². The van der Waals surface area contributed by atoms with Crippen LogP contribution in [0, 0.1) is 0 Å². The second-order valence-electron chi connectivity index (χ2n) is 5.29. The van der Waals surface area contributed by atoms with Crippen molar-refractivity contribution in [2.75, 3.05) is 5.33 Å². The van der Waals surface area contributed by atoms with Gasteiger partial charge in [0, 0.05) is 30.2 Å². The van der Waals surface area contributed by atoms with Gasteiger partial charge in [-0.2, -0.15) is 0 Å². The van der Waals surface area contributed by atoms with E-state index in [4.69, 9.17) is 0 Å². The molecule has 1 saturated carbocycles. The number of hydrogen-bond acceptors (Lipinski definition) is 2. The number of rotatable bonds is 3. The van der Waals surface area contributed by atoms with Gasteiger partial charge >= 0.3 is 0 Å². The number of carbonyl (C=O) groups excluding carboxylic acids is 1. The molecule has 0 atom stereocenters. The number of halogens is 1. The van der Waals surface area contributed by atoms with E-state index >= 15 is 0 Å². The lowest BCUT2D eigenvalue weighted by Crippen LogP contribution is -2.51. The van der Waals surface area contributed by atoms with Gasteiger partial charge in [0.1, 0.15) is 0 Å². The highest BCUT2D eigenvalue weighted by molar-refractivity contribution is 9.09. The Morgan fingerprint density at radius 2 is 2.11 bits per heavy atom. The van der Waals surface area contributed by atoms with E-state index < -0.39 is 0 Å². The van der Waals surface area contributed by atoms with Gasteiger partial charge < -0.3 is 9.88 Å². The van der Waals surface area contributed by atoms with Gasteiger partial charge in [-0.1, -0.05) is 35.2 Å². The molecule has 1 aromatic heterocycles. The van der Waals surface area contributed by atoms with Crippen LogP contribution in [0.4, 0.5) is 0 Å². The normalized spacial score (nSPS) is 18.0. The molecule has 0 unspecified atom stereocenters. The van der Waals surface area contributed by atoms with E-state index in [9.17, 15) is 9.59 Å². The van der Waals surface area contributed by atoms with Crippen LogP contribution in [0.3, 0.4) is 0 Å². The highest BCUT2D eigenvalue weighted by Gasteiger charge is 2.32. The third-order valence-corrected chi connectivity index (χ3v) is 4.89. The molecule has 2 rings (SSSR count). The van der Waals surface area contributed by atoms with Gasteiger partial charge in [-0.3, -0.25) is 9.59 Å². The minimum Gasteiger partial charge on any atom is -0.346 e. The van der Waals surface area contributed by atoms with Crippen molar-refractivity contribution < 1.29 is 4.79 Å².